The largest absolute Gasteiger partial charge is 0.208 e. The number of halogens is 1. The molecule has 0 saturated heterocycles. The summed E-state index contributed by atoms with van der Waals surface area (Å²) in [6.07, 6.45) is 0. The second kappa shape index (κ2) is 2.67. The van der Waals surface area contributed by atoms with Crippen molar-refractivity contribution >= 4 is 12.7 Å². The molecule has 0 aliphatic heterocycles. The van der Waals surface area contributed by atoms with Crippen LogP contribution in [-0.4, -0.2) is 7.28 Å². The van der Waals surface area contributed by atoms with Gasteiger partial charge in [-0.25, -0.2) is 4.39 Å². The lowest BCUT2D eigenvalue weighted by Crippen LogP contribution is -2.14. The molecule has 0 saturated carbocycles. The zero-order chi connectivity index (χ0) is 6.69. The SMILES string of the molecule is C[B]c1ccccc1F. The lowest BCUT2D eigenvalue weighted by molar-refractivity contribution is 0.636. The molecule has 0 unspecified atom stereocenters. The molecule has 0 bridgehead atoms. The Kier molecular flexibility index (Phi) is 1.88. The van der Waals surface area contributed by atoms with Crippen molar-refractivity contribution in [3.63, 3.8) is 0 Å². The average molecular weight is 121 g/mol. The van der Waals surface area contributed by atoms with Gasteiger partial charge in [0.05, 0.1) is 0 Å². The van der Waals surface area contributed by atoms with Gasteiger partial charge in [-0.3, -0.25) is 0 Å². The van der Waals surface area contributed by atoms with E-state index < -0.39 is 0 Å². The van der Waals surface area contributed by atoms with E-state index in [1.165, 1.54) is 6.07 Å². The molecule has 1 aromatic carbocycles. The highest BCUT2D eigenvalue weighted by molar-refractivity contribution is 6.51. The van der Waals surface area contributed by atoms with Crippen LogP contribution < -0.4 is 5.46 Å². The van der Waals surface area contributed by atoms with E-state index in [1.807, 2.05) is 12.9 Å². The summed E-state index contributed by atoms with van der Waals surface area (Å²) in [5, 5.41) is 0. The first kappa shape index (κ1) is 6.34. The van der Waals surface area contributed by atoms with E-state index in [9.17, 15) is 4.39 Å². The van der Waals surface area contributed by atoms with Crippen LogP contribution in [0.15, 0.2) is 24.3 Å². The minimum atomic E-state index is -0.153. The molecule has 0 nitrogen and oxygen atoms in total. The van der Waals surface area contributed by atoms with E-state index in [2.05, 4.69) is 0 Å². The van der Waals surface area contributed by atoms with Gasteiger partial charge in [0.15, 0.2) is 7.28 Å². The highest BCUT2D eigenvalue weighted by atomic mass is 19.1. The summed E-state index contributed by atoms with van der Waals surface area (Å²) in [6.45, 7) is 1.82. The monoisotopic (exact) mass is 121 g/mol. The van der Waals surface area contributed by atoms with Gasteiger partial charge in [0.1, 0.15) is 5.82 Å². The Morgan fingerprint density at radius 1 is 1.33 bits per heavy atom. The van der Waals surface area contributed by atoms with Crippen LogP contribution in [0, 0.1) is 5.82 Å². The fraction of sp³-hybridized carbons (Fsp3) is 0.143. The average Bonchev–Trinajstić information content (AvgIpc) is 1.89. The third-order valence-corrected chi connectivity index (χ3v) is 1.22. The van der Waals surface area contributed by atoms with Crippen LogP contribution in [0.2, 0.25) is 6.82 Å². The molecule has 0 spiro atoms. The van der Waals surface area contributed by atoms with Gasteiger partial charge in [-0.2, -0.15) is 0 Å². The molecule has 0 heterocycles. The summed E-state index contributed by atoms with van der Waals surface area (Å²) < 4.78 is 12.6. The predicted molar refractivity (Wildman–Crippen MR) is 37.7 cm³/mol. The molecule has 0 N–H and O–H groups in total. The number of benzene rings is 1. The van der Waals surface area contributed by atoms with Gasteiger partial charge in [0.2, 0.25) is 0 Å². The maximum absolute atomic E-state index is 12.6. The van der Waals surface area contributed by atoms with Crippen LogP contribution in [0.5, 0.6) is 0 Å². The third kappa shape index (κ3) is 1.32. The molecule has 45 valence electrons. The zero-order valence-corrected chi connectivity index (χ0v) is 5.26. The van der Waals surface area contributed by atoms with Gasteiger partial charge in [-0.1, -0.05) is 30.5 Å². The van der Waals surface area contributed by atoms with E-state index in [-0.39, 0.29) is 5.82 Å². The Labute approximate surface area is 54.9 Å². The van der Waals surface area contributed by atoms with Gasteiger partial charge in [-0.05, 0) is 6.07 Å². The zero-order valence-electron chi connectivity index (χ0n) is 5.26. The standard InChI is InChI=1S/C7H7BF/c1-8-6-4-2-3-5-7(6)9/h2-5H,1H3. The lowest BCUT2D eigenvalue weighted by Gasteiger charge is -1.93. The minimum absolute atomic E-state index is 0.153. The quantitative estimate of drug-likeness (QED) is 0.489. The van der Waals surface area contributed by atoms with Gasteiger partial charge < -0.3 is 0 Å². The minimum Gasteiger partial charge on any atom is -0.208 e. The van der Waals surface area contributed by atoms with Crippen molar-refractivity contribution in [1.82, 2.24) is 0 Å². The number of rotatable bonds is 1. The Hall–Kier alpha value is -0.785. The van der Waals surface area contributed by atoms with Crippen LogP contribution >= 0.6 is 0 Å². The fourth-order valence-corrected chi connectivity index (χ4v) is 0.709. The topological polar surface area (TPSA) is 0 Å². The van der Waals surface area contributed by atoms with E-state index >= 15 is 0 Å². The van der Waals surface area contributed by atoms with E-state index in [1.54, 1.807) is 19.4 Å². The summed E-state index contributed by atoms with van der Waals surface area (Å²) >= 11 is 0. The molecule has 0 aromatic heterocycles. The summed E-state index contributed by atoms with van der Waals surface area (Å²) in [6, 6.07) is 6.70. The second-order valence-electron chi connectivity index (χ2n) is 1.81. The molecule has 1 radical (unpaired) electrons. The smallest absolute Gasteiger partial charge is 0.152 e. The van der Waals surface area contributed by atoms with Crippen LogP contribution in [-0.2, 0) is 0 Å². The first-order chi connectivity index (χ1) is 4.34. The van der Waals surface area contributed by atoms with Crippen molar-refractivity contribution in [3.05, 3.63) is 30.1 Å². The Balaban J connectivity index is 3.01. The molecule has 9 heavy (non-hydrogen) atoms. The fourth-order valence-electron chi connectivity index (χ4n) is 0.709. The normalized spacial score (nSPS) is 9.11. The highest BCUT2D eigenvalue weighted by Gasteiger charge is 1.94. The van der Waals surface area contributed by atoms with Crippen LogP contribution in [0.3, 0.4) is 0 Å². The Bertz CT molecular complexity index is 198. The molecule has 0 aliphatic carbocycles. The maximum atomic E-state index is 12.6. The molecular formula is C7H7BF. The molecule has 1 rings (SSSR count). The molecule has 0 aliphatic rings. The second-order valence-corrected chi connectivity index (χ2v) is 1.81. The van der Waals surface area contributed by atoms with Crippen LogP contribution in [0.1, 0.15) is 0 Å². The third-order valence-electron chi connectivity index (χ3n) is 1.22. The summed E-state index contributed by atoms with van der Waals surface area (Å²) in [5.74, 6) is -0.153. The first-order valence-electron chi connectivity index (χ1n) is 2.88. The van der Waals surface area contributed by atoms with E-state index in [0.717, 1.165) is 0 Å². The van der Waals surface area contributed by atoms with Crippen molar-refractivity contribution in [2.45, 2.75) is 6.82 Å². The molecule has 0 atom stereocenters. The van der Waals surface area contributed by atoms with E-state index in [4.69, 9.17) is 0 Å². The highest BCUT2D eigenvalue weighted by Crippen LogP contribution is 1.90. The molecule has 2 heteroatoms. The number of hydrogen-bond acceptors (Lipinski definition) is 0. The van der Waals surface area contributed by atoms with Gasteiger partial charge in [0, 0.05) is 0 Å². The molecular weight excluding hydrogens is 114 g/mol. The van der Waals surface area contributed by atoms with Crippen molar-refractivity contribution in [3.8, 4) is 0 Å². The van der Waals surface area contributed by atoms with Gasteiger partial charge in [-0.15, -0.1) is 0 Å². The summed E-state index contributed by atoms with van der Waals surface area (Å²) in [7, 11) is 1.75. The lowest BCUT2D eigenvalue weighted by atomic mass is 9.73. The first-order valence-corrected chi connectivity index (χ1v) is 2.88. The predicted octanol–water partition coefficient (Wildman–Crippen LogP) is 1.20. The van der Waals surface area contributed by atoms with Crippen molar-refractivity contribution < 1.29 is 4.39 Å². The van der Waals surface area contributed by atoms with Crippen LogP contribution in [0.4, 0.5) is 4.39 Å². The molecule has 0 amide bonds. The van der Waals surface area contributed by atoms with Crippen molar-refractivity contribution in [1.29, 1.82) is 0 Å². The maximum Gasteiger partial charge on any atom is 0.152 e. The van der Waals surface area contributed by atoms with Gasteiger partial charge in [0.25, 0.3) is 0 Å². The summed E-state index contributed by atoms with van der Waals surface area (Å²) in [4.78, 5) is 0. The number of hydrogen-bond donors (Lipinski definition) is 0. The van der Waals surface area contributed by atoms with Crippen LogP contribution in [0.25, 0.3) is 0 Å². The summed E-state index contributed by atoms with van der Waals surface area (Å²) in [5.41, 5.74) is 0.664. The van der Waals surface area contributed by atoms with Crippen molar-refractivity contribution in [2.24, 2.45) is 0 Å². The Morgan fingerprint density at radius 3 is 2.44 bits per heavy atom. The van der Waals surface area contributed by atoms with Crippen molar-refractivity contribution in [2.75, 3.05) is 0 Å². The molecule has 0 fully saturated rings. The molecule has 1 aromatic rings. The Morgan fingerprint density at radius 2 is 2.00 bits per heavy atom. The van der Waals surface area contributed by atoms with Gasteiger partial charge >= 0.3 is 0 Å². The van der Waals surface area contributed by atoms with E-state index in [0.29, 0.717) is 5.46 Å².